The molecule has 2 saturated heterocycles. The Morgan fingerprint density at radius 3 is 2.61 bits per heavy atom. The van der Waals surface area contributed by atoms with Crippen molar-refractivity contribution >= 4 is 29.1 Å². The van der Waals surface area contributed by atoms with Gasteiger partial charge in [0.2, 0.25) is 17.8 Å². The molecular formula is C23H29N7O3. The minimum absolute atomic E-state index is 0.000148. The van der Waals surface area contributed by atoms with E-state index in [0.29, 0.717) is 50.0 Å². The van der Waals surface area contributed by atoms with Crippen LogP contribution < -0.4 is 16.0 Å². The van der Waals surface area contributed by atoms with Gasteiger partial charge in [-0.25, -0.2) is 0 Å². The molecule has 10 heteroatoms. The van der Waals surface area contributed by atoms with E-state index in [-0.39, 0.29) is 5.91 Å². The molecule has 3 N–H and O–H groups in total. The smallest absolute Gasteiger partial charge is 0.229 e. The molecule has 0 bridgehead atoms. The Kier molecular flexibility index (Phi) is 6.36. The number of rotatable bonds is 8. The maximum Gasteiger partial charge on any atom is 0.229 e. The Hall–Kier alpha value is -3.24. The lowest BCUT2D eigenvalue weighted by Crippen LogP contribution is -2.29. The van der Waals surface area contributed by atoms with Crippen LogP contribution in [0.2, 0.25) is 0 Å². The zero-order valence-corrected chi connectivity index (χ0v) is 18.7. The summed E-state index contributed by atoms with van der Waals surface area (Å²) in [6.07, 6.45) is 4.18. The monoisotopic (exact) mass is 451 g/mol. The fraction of sp³-hybridized carbons (Fsp3) is 0.478. The van der Waals surface area contributed by atoms with Crippen molar-refractivity contribution in [3.05, 3.63) is 41.6 Å². The number of hydrogen-bond acceptors (Lipinski definition) is 8. The van der Waals surface area contributed by atoms with Gasteiger partial charge < -0.3 is 25.4 Å². The van der Waals surface area contributed by atoms with Crippen molar-refractivity contribution in [2.24, 2.45) is 0 Å². The van der Waals surface area contributed by atoms with Gasteiger partial charge in [0.05, 0.1) is 19.4 Å². The Morgan fingerprint density at radius 2 is 1.91 bits per heavy atom. The summed E-state index contributed by atoms with van der Waals surface area (Å²) in [6, 6.07) is 8.07. The molecule has 2 aliphatic rings. The molecule has 2 fully saturated rings. The SMILES string of the molecule is CCC(=O)Nc1ccc(CNc2nc(NC3CCOCC3)nc3c(C4COC4)cnn23)cc1. The first-order valence-corrected chi connectivity index (χ1v) is 11.5. The maximum absolute atomic E-state index is 11.6. The Morgan fingerprint density at radius 1 is 1.12 bits per heavy atom. The van der Waals surface area contributed by atoms with Gasteiger partial charge in [-0.3, -0.25) is 4.79 Å². The van der Waals surface area contributed by atoms with E-state index in [1.54, 1.807) is 4.52 Å². The van der Waals surface area contributed by atoms with Crippen LogP contribution in [0.25, 0.3) is 5.65 Å². The Balaban J connectivity index is 1.36. The molecule has 33 heavy (non-hydrogen) atoms. The molecule has 4 heterocycles. The number of fused-ring (bicyclic) bond motifs is 1. The highest BCUT2D eigenvalue weighted by Gasteiger charge is 2.26. The van der Waals surface area contributed by atoms with E-state index in [0.717, 1.165) is 48.5 Å². The van der Waals surface area contributed by atoms with Crippen LogP contribution in [0.4, 0.5) is 17.6 Å². The van der Waals surface area contributed by atoms with E-state index in [9.17, 15) is 4.79 Å². The second-order valence-corrected chi connectivity index (χ2v) is 8.42. The molecule has 174 valence electrons. The molecule has 1 aromatic carbocycles. The van der Waals surface area contributed by atoms with Gasteiger partial charge in [0.15, 0.2) is 5.65 Å². The molecule has 0 spiro atoms. The minimum Gasteiger partial charge on any atom is -0.381 e. The molecule has 5 rings (SSSR count). The van der Waals surface area contributed by atoms with Crippen molar-refractivity contribution in [3.8, 4) is 0 Å². The van der Waals surface area contributed by atoms with E-state index >= 15 is 0 Å². The van der Waals surface area contributed by atoms with Crippen LogP contribution in [0, 0.1) is 0 Å². The molecule has 3 aromatic rings. The first-order chi connectivity index (χ1) is 16.2. The maximum atomic E-state index is 11.6. The topological polar surface area (TPSA) is 115 Å². The average molecular weight is 452 g/mol. The largest absolute Gasteiger partial charge is 0.381 e. The van der Waals surface area contributed by atoms with Gasteiger partial charge in [0.1, 0.15) is 0 Å². The standard InChI is InChI=1S/C23H29N7O3/c1-2-20(31)26-17-5-3-15(4-6-17)11-24-23-29-22(27-18-7-9-32-10-8-18)28-21-19(12-25-30(21)23)16-13-33-14-16/h3-6,12,16,18H,2,7-11,13-14H2,1H3,(H,26,31)(H2,24,27,28,29). The van der Waals surface area contributed by atoms with Gasteiger partial charge in [-0.15, -0.1) is 0 Å². The van der Waals surface area contributed by atoms with Gasteiger partial charge in [-0.05, 0) is 30.5 Å². The number of nitrogens with zero attached hydrogens (tertiary/aromatic N) is 4. The van der Waals surface area contributed by atoms with Crippen LogP contribution in [0.15, 0.2) is 30.5 Å². The fourth-order valence-corrected chi connectivity index (χ4v) is 3.94. The van der Waals surface area contributed by atoms with E-state index in [2.05, 4.69) is 21.0 Å². The van der Waals surface area contributed by atoms with Gasteiger partial charge in [0.25, 0.3) is 0 Å². The average Bonchev–Trinajstić information content (AvgIpc) is 3.21. The van der Waals surface area contributed by atoms with E-state index < -0.39 is 0 Å². The zero-order valence-electron chi connectivity index (χ0n) is 18.7. The van der Waals surface area contributed by atoms with Crippen molar-refractivity contribution in [1.82, 2.24) is 19.6 Å². The number of aromatic nitrogens is 4. The van der Waals surface area contributed by atoms with Crippen LogP contribution in [0.5, 0.6) is 0 Å². The van der Waals surface area contributed by atoms with E-state index in [1.165, 1.54) is 0 Å². The summed E-state index contributed by atoms with van der Waals surface area (Å²) in [4.78, 5) is 21.1. The summed E-state index contributed by atoms with van der Waals surface area (Å²) < 4.78 is 12.6. The fourth-order valence-electron chi connectivity index (χ4n) is 3.94. The number of carbonyl (C=O) groups excluding carboxylic acids is 1. The number of anilines is 3. The number of carbonyl (C=O) groups is 1. The van der Waals surface area contributed by atoms with Crippen LogP contribution in [0.1, 0.15) is 43.2 Å². The summed E-state index contributed by atoms with van der Waals surface area (Å²) in [5.41, 5.74) is 3.73. The third-order valence-electron chi connectivity index (χ3n) is 6.04. The van der Waals surface area contributed by atoms with Gasteiger partial charge in [-0.2, -0.15) is 19.6 Å². The molecule has 0 saturated carbocycles. The Labute approximate surface area is 192 Å². The summed E-state index contributed by atoms with van der Waals surface area (Å²) in [5, 5.41) is 14.3. The number of ether oxygens (including phenoxy) is 2. The first-order valence-electron chi connectivity index (χ1n) is 11.5. The first kappa shape index (κ1) is 21.6. The van der Waals surface area contributed by atoms with Gasteiger partial charge in [0, 0.05) is 49.4 Å². The van der Waals surface area contributed by atoms with E-state index in [1.807, 2.05) is 37.4 Å². The lowest BCUT2D eigenvalue weighted by Gasteiger charge is -2.25. The van der Waals surface area contributed by atoms with Crippen LogP contribution >= 0.6 is 0 Å². The third kappa shape index (κ3) is 4.91. The second kappa shape index (κ2) is 9.72. The molecular weight excluding hydrogens is 422 g/mol. The van der Waals surface area contributed by atoms with Crippen LogP contribution in [-0.2, 0) is 20.8 Å². The minimum atomic E-state index is 0.000148. The van der Waals surface area contributed by atoms with Gasteiger partial charge >= 0.3 is 0 Å². The van der Waals surface area contributed by atoms with Crippen molar-refractivity contribution in [2.45, 2.75) is 44.7 Å². The van der Waals surface area contributed by atoms with E-state index in [4.69, 9.17) is 19.4 Å². The Bertz CT molecular complexity index is 1110. The zero-order chi connectivity index (χ0) is 22.6. The predicted molar refractivity (Wildman–Crippen MR) is 124 cm³/mol. The molecule has 10 nitrogen and oxygen atoms in total. The molecule has 0 radical (unpaired) electrons. The second-order valence-electron chi connectivity index (χ2n) is 8.42. The number of amides is 1. The predicted octanol–water partition coefficient (Wildman–Crippen LogP) is 2.79. The third-order valence-corrected chi connectivity index (χ3v) is 6.04. The summed E-state index contributed by atoms with van der Waals surface area (Å²) >= 11 is 0. The lowest BCUT2D eigenvalue weighted by molar-refractivity contribution is -0.115. The summed E-state index contributed by atoms with van der Waals surface area (Å²) in [5.74, 6) is 1.54. The highest BCUT2D eigenvalue weighted by Crippen LogP contribution is 2.28. The molecule has 0 atom stereocenters. The van der Waals surface area contributed by atoms with Crippen molar-refractivity contribution in [3.63, 3.8) is 0 Å². The molecule has 2 aliphatic heterocycles. The summed E-state index contributed by atoms with van der Waals surface area (Å²) in [6.45, 7) is 5.27. The van der Waals surface area contributed by atoms with Crippen LogP contribution in [-0.4, -0.2) is 58.0 Å². The van der Waals surface area contributed by atoms with Gasteiger partial charge in [-0.1, -0.05) is 19.1 Å². The lowest BCUT2D eigenvalue weighted by atomic mass is 10.0. The van der Waals surface area contributed by atoms with Crippen LogP contribution in [0.3, 0.4) is 0 Å². The number of benzene rings is 1. The van der Waals surface area contributed by atoms with Crippen molar-refractivity contribution < 1.29 is 14.3 Å². The number of nitrogens with one attached hydrogen (secondary N) is 3. The molecule has 2 aromatic heterocycles. The quantitative estimate of drug-likeness (QED) is 0.479. The highest BCUT2D eigenvalue weighted by molar-refractivity contribution is 5.90. The molecule has 0 unspecified atom stereocenters. The normalized spacial score (nSPS) is 17.0. The molecule has 0 aliphatic carbocycles. The van der Waals surface area contributed by atoms with Crippen molar-refractivity contribution in [2.75, 3.05) is 42.4 Å². The molecule has 1 amide bonds. The number of hydrogen-bond donors (Lipinski definition) is 3. The highest BCUT2D eigenvalue weighted by atomic mass is 16.5. The van der Waals surface area contributed by atoms with Crippen molar-refractivity contribution in [1.29, 1.82) is 0 Å². The summed E-state index contributed by atoms with van der Waals surface area (Å²) in [7, 11) is 0.